The van der Waals surface area contributed by atoms with Gasteiger partial charge in [-0.25, -0.2) is 9.78 Å². The van der Waals surface area contributed by atoms with E-state index in [-0.39, 0.29) is 5.69 Å². The van der Waals surface area contributed by atoms with Crippen molar-refractivity contribution in [1.29, 1.82) is 0 Å². The van der Waals surface area contributed by atoms with Crippen LogP contribution in [0.4, 0.5) is 0 Å². The van der Waals surface area contributed by atoms with Gasteiger partial charge < -0.3 is 14.6 Å². The van der Waals surface area contributed by atoms with Gasteiger partial charge in [0.2, 0.25) is 0 Å². The Kier molecular flexibility index (Phi) is 4.06. The quantitative estimate of drug-likeness (QED) is 0.922. The third-order valence-corrected chi connectivity index (χ3v) is 4.01. The largest absolute Gasteiger partial charge is 0.493 e. The summed E-state index contributed by atoms with van der Waals surface area (Å²) in [7, 11) is 3.08. The molecule has 2 rings (SSSR count). The molecule has 1 aromatic carbocycles. The number of benzene rings is 1. The number of thiazole rings is 1. The Hall–Kier alpha value is -1.60. The molecule has 0 spiro atoms. The van der Waals surface area contributed by atoms with Crippen molar-refractivity contribution in [2.45, 2.75) is 0 Å². The van der Waals surface area contributed by atoms with E-state index in [1.807, 2.05) is 0 Å². The number of carboxylic acid groups (broad SMARTS) is 1. The minimum Gasteiger partial charge on any atom is -0.493 e. The number of rotatable bonds is 4. The van der Waals surface area contributed by atoms with Crippen LogP contribution in [-0.4, -0.2) is 30.3 Å². The molecule has 0 unspecified atom stereocenters. The van der Waals surface area contributed by atoms with Gasteiger partial charge in [-0.2, -0.15) is 0 Å². The first-order valence-electron chi connectivity index (χ1n) is 5.18. The number of nitrogens with zero attached hydrogens (tertiary/aromatic N) is 1. The van der Waals surface area contributed by atoms with Crippen molar-refractivity contribution in [2.75, 3.05) is 14.2 Å². The van der Waals surface area contributed by atoms with Gasteiger partial charge in [-0.3, -0.25) is 0 Å². The summed E-state index contributed by atoms with van der Waals surface area (Å²) >= 11 is 4.46. The summed E-state index contributed by atoms with van der Waals surface area (Å²) in [5, 5.41) is 9.13. The Labute approximate surface area is 121 Å². The predicted molar refractivity (Wildman–Crippen MR) is 75.3 cm³/mol. The zero-order chi connectivity index (χ0) is 14.0. The van der Waals surface area contributed by atoms with Crippen molar-refractivity contribution in [1.82, 2.24) is 4.98 Å². The molecule has 0 aliphatic rings. The Morgan fingerprint density at radius 3 is 2.58 bits per heavy atom. The molecule has 1 aromatic heterocycles. The van der Waals surface area contributed by atoms with Gasteiger partial charge in [-0.15, -0.1) is 11.3 Å². The number of carbonyl (C=O) groups is 1. The van der Waals surface area contributed by atoms with E-state index in [4.69, 9.17) is 14.6 Å². The van der Waals surface area contributed by atoms with Crippen molar-refractivity contribution in [3.63, 3.8) is 0 Å². The number of aromatic carboxylic acids is 1. The van der Waals surface area contributed by atoms with E-state index in [9.17, 15) is 4.79 Å². The van der Waals surface area contributed by atoms with Crippen molar-refractivity contribution < 1.29 is 19.4 Å². The molecule has 0 amide bonds. The maximum absolute atomic E-state index is 11.2. The van der Waals surface area contributed by atoms with Crippen LogP contribution in [-0.2, 0) is 0 Å². The molecule has 100 valence electrons. The fourth-order valence-corrected chi connectivity index (χ4v) is 3.05. The van der Waals surface area contributed by atoms with E-state index < -0.39 is 5.97 Å². The Morgan fingerprint density at radius 2 is 2.00 bits per heavy atom. The van der Waals surface area contributed by atoms with Crippen LogP contribution in [0.15, 0.2) is 22.1 Å². The van der Waals surface area contributed by atoms with E-state index in [1.54, 1.807) is 25.3 Å². The Bertz CT molecular complexity index is 626. The molecule has 1 heterocycles. The van der Waals surface area contributed by atoms with E-state index in [0.29, 0.717) is 20.3 Å². The molecule has 0 atom stereocenters. The fraction of sp³-hybridized carbons (Fsp3) is 0.167. The van der Waals surface area contributed by atoms with Crippen LogP contribution in [0.25, 0.3) is 10.4 Å². The van der Waals surface area contributed by atoms with Crippen LogP contribution in [0.5, 0.6) is 11.5 Å². The first-order valence-corrected chi connectivity index (χ1v) is 6.79. The van der Waals surface area contributed by atoms with Crippen LogP contribution in [0.2, 0.25) is 0 Å². The Balaban J connectivity index is 2.56. The summed E-state index contributed by atoms with van der Waals surface area (Å²) in [6.07, 6.45) is 0. The van der Waals surface area contributed by atoms with E-state index in [0.717, 1.165) is 5.56 Å². The molecule has 1 N–H and O–H groups in total. The number of halogens is 1. The van der Waals surface area contributed by atoms with Gasteiger partial charge >= 0.3 is 5.97 Å². The highest BCUT2D eigenvalue weighted by Gasteiger charge is 2.19. The molecule has 19 heavy (non-hydrogen) atoms. The lowest BCUT2D eigenvalue weighted by Gasteiger charge is -2.08. The summed E-state index contributed by atoms with van der Waals surface area (Å²) in [5.74, 6) is 0.0688. The summed E-state index contributed by atoms with van der Waals surface area (Å²) in [6.45, 7) is 0. The molecule has 2 aromatic rings. The standard InChI is InChI=1S/C12H10BrNO4S/c1-17-7-4-3-6(5-8(7)18-2)10-9(11(15)16)14-12(13)19-10/h3-5H,1-2H3,(H,15,16). The second kappa shape index (κ2) is 5.58. The second-order valence-electron chi connectivity index (χ2n) is 3.52. The molecule has 0 aliphatic heterocycles. The average molecular weight is 344 g/mol. The first kappa shape index (κ1) is 13.8. The molecular weight excluding hydrogens is 334 g/mol. The average Bonchev–Trinajstić information content (AvgIpc) is 2.80. The maximum Gasteiger partial charge on any atom is 0.356 e. The van der Waals surface area contributed by atoms with E-state index in [2.05, 4.69) is 20.9 Å². The summed E-state index contributed by atoms with van der Waals surface area (Å²) < 4.78 is 10.9. The third-order valence-electron chi connectivity index (χ3n) is 2.45. The third kappa shape index (κ3) is 2.71. The van der Waals surface area contributed by atoms with Gasteiger partial charge in [0.15, 0.2) is 21.1 Å². The van der Waals surface area contributed by atoms with Crippen molar-refractivity contribution in [2.24, 2.45) is 0 Å². The highest BCUT2D eigenvalue weighted by Crippen LogP contribution is 2.37. The molecule has 0 aliphatic carbocycles. The molecule has 7 heteroatoms. The van der Waals surface area contributed by atoms with Gasteiger partial charge in [0.1, 0.15) is 0 Å². The molecule has 0 bridgehead atoms. The maximum atomic E-state index is 11.2. The van der Waals surface area contributed by atoms with Gasteiger partial charge in [-0.1, -0.05) is 0 Å². The van der Waals surface area contributed by atoms with Gasteiger partial charge in [0, 0.05) is 0 Å². The SMILES string of the molecule is COc1ccc(-c2sc(Br)nc2C(=O)O)cc1OC. The van der Waals surface area contributed by atoms with Crippen molar-refractivity contribution in [3.05, 3.63) is 27.8 Å². The summed E-state index contributed by atoms with van der Waals surface area (Å²) in [5.41, 5.74) is 0.738. The number of hydrogen-bond acceptors (Lipinski definition) is 5. The zero-order valence-electron chi connectivity index (χ0n) is 10.1. The van der Waals surface area contributed by atoms with Gasteiger partial charge in [0.25, 0.3) is 0 Å². The molecular formula is C12H10BrNO4S. The van der Waals surface area contributed by atoms with Crippen LogP contribution < -0.4 is 9.47 Å². The number of carboxylic acids is 1. The normalized spacial score (nSPS) is 10.3. The molecule has 0 saturated heterocycles. The number of methoxy groups -OCH3 is 2. The summed E-state index contributed by atoms with van der Waals surface area (Å²) in [6, 6.07) is 5.23. The molecule has 5 nitrogen and oxygen atoms in total. The number of ether oxygens (including phenoxy) is 2. The lowest BCUT2D eigenvalue weighted by molar-refractivity contribution is 0.0692. The fourth-order valence-electron chi connectivity index (χ4n) is 1.61. The van der Waals surface area contributed by atoms with Crippen LogP contribution >= 0.6 is 27.3 Å². The summed E-state index contributed by atoms with van der Waals surface area (Å²) in [4.78, 5) is 15.7. The van der Waals surface area contributed by atoms with Gasteiger partial charge in [0.05, 0.1) is 19.1 Å². The topological polar surface area (TPSA) is 68.7 Å². The minimum atomic E-state index is -1.06. The monoisotopic (exact) mass is 343 g/mol. The number of aromatic nitrogens is 1. The van der Waals surface area contributed by atoms with Crippen LogP contribution in [0, 0.1) is 0 Å². The second-order valence-corrected chi connectivity index (χ2v) is 5.79. The lowest BCUT2D eigenvalue weighted by atomic mass is 10.1. The highest BCUT2D eigenvalue weighted by molar-refractivity contribution is 9.11. The van der Waals surface area contributed by atoms with Gasteiger partial charge in [-0.05, 0) is 39.7 Å². The molecule has 0 fully saturated rings. The zero-order valence-corrected chi connectivity index (χ0v) is 12.5. The number of hydrogen-bond donors (Lipinski definition) is 1. The highest BCUT2D eigenvalue weighted by atomic mass is 79.9. The predicted octanol–water partition coefficient (Wildman–Crippen LogP) is 3.29. The van der Waals surface area contributed by atoms with E-state index in [1.165, 1.54) is 18.4 Å². The smallest absolute Gasteiger partial charge is 0.356 e. The van der Waals surface area contributed by atoms with E-state index >= 15 is 0 Å². The van der Waals surface area contributed by atoms with Crippen LogP contribution in [0.1, 0.15) is 10.5 Å². The Morgan fingerprint density at radius 1 is 1.32 bits per heavy atom. The first-order chi connectivity index (χ1) is 9.06. The van der Waals surface area contributed by atoms with Crippen molar-refractivity contribution >= 4 is 33.2 Å². The molecule has 0 saturated carbocycles. The minimum absolute atomic E-state index is 0.0177. The van der Waals surface area contributed by atoms with Crippen molar-refractivity contribution in [3.8, 4) is 21.9 Å². The molecule has 0 radical (unpaired) electrons. The lowest BCUT2D eigenvalue weighted by Crippen LogP contribution is -1.99. The van der Waals surface area contributed by atoms with Crippen LogP contribution in [0.3, 0.4) is 0 Å².